The van der Waals surface area contributed by atoms with E-state index in [1.54, 1.807) is 29.2 Å². The van der Waals surface area contributed by atoms with E-state index >= 15 is 0 Å². The smallest absolute Gasteiger partial charge is 0.255 e. The predicted molar refractivity (Wildman–Crippen MR) is 163 cm³/mol. The van der Waals surface area contributed by atoms with Gasteiger partial charge in [0.1, 0.15) is 36.8 Å². The van der Waals surface area contributed by atoms with Gasteiger partial charge in [-0.2, -0.15) is 0 Å². The third-order valence-electron chi connectivity index (χ3n) is 8.02. The fourth-order valence-electron chi connectivity index (χ4n) is 5.41. The molecule has 0 aromatic heterocycles. The van der Waals surface area contributed by atoms with E-state index in [9.17, 15) is 19.2 Å². The average Bonchev–Trinajstić information content (AvgIpc) is 3.45. The molecule has 4 amide bonds. The molecule has 10 heteroatoms. The largest absolute Gasteiger partial charge is 0.491 e. The van der Waals surface area contributed by atoms with E-state index in [0.717, 1.165) is 29.7 Å². The number of hydrogen-bond acceptors (Lipinski definition) is 6. The van der Waals surface area contributed by atoms with Crippen molar-refractivity contribution in [2.45, 2.75) is 77.9 Å². The van der Waals surface area contributed by atoms with Crippen LogP contribution in [0.1, 0.15) is 74.4 Å². The van der Waals surface area contributed by atoms with Crippen molar-refractivity contribution < 1.29 is 28.7 Å². The molecule has 3 N–H and O–H groups in total. The number of hydrogen-bond donors (Lipinski definition) is 3. The summed E-state index contributed by atoms with van der Waals surface area (Å²) < 4.78 is 12.0. The zero-order valence-corrected chi connectivity index (χ0v) is 25.8. The molecule has 1 fully saturated rings. The normalized spacial score (nSPS) is 21.3. The van der Waals surface area contributed by atoms with Crippen molar-refractivity contribution >= 4 is 23.6 Å². The van der Waals surface area contributed by atoms with Crippen LogP contribution in [0, 0.1) is 12.8 Å². The third kappa shape index (κ3) is 8.06. The standard InChI is InChI=1S/C33H44N4O6/c1-20(2)23-13-12-22(5)28(17-23)42-16-14-34-32(40)26-18-29(38)36-30(21(3)4)33(41)37-15-8-9-24(37)19-43-27-11-7-6-10-25(27)31(39)35-26/h6-7,10-13,17,20-21,24,26,30H,8-9,14-16,18-19H2,1-5H3,(H,34,40)(H,35,39)(H,36,38)/t24-,26-,30+/m0/s1. The molecular weight excluding hydrogens is 548 g/mol. The van der Waals surface area contributed by atoms with Gasteiger partial charge in [-0.1, -0.05) is 52.0 Å². The first kappa shape index (κ1) is 31.8. The Morgan fingerprint density at radius 1 is 1.09 bits per heavy atom. The van der Waals surface area contributed by atoms with Crippen LogP contribution in [0.5, 0.6) is 11.5 Å². The molecule has 2 heterocycles. The molecule has 0 saturated carbocycles. The molecule has 1 saturated heterocycles. The van der Waals surface area contributed by atoms with E-state index in [4.69, 9.17) is 9.47 Å². The molecule has 2 aliphatic rings. The maximum Gasteiger partial charge on any atom is 0.255 e. The lowest BCUT2D eigenvalue weighted by Crippen LogP contribution is -2.55. The maximum absolute atomic E-state index is 13.6. The van der Waals surface area contributed by atoms with E-state index in [1.807, 2.05) is 32.9 Å². The summed E-state index contributed by atoms with van der Waals surface area (Å²) >= 11 is 0. The van der Waals surface area contributed by atoms with Gasteiger partial charge < -0.3 is 30.3 Å². The number of ether oxygens (including phenoxy) is 2. The first-order valence-electron chi connectivity index (χ1n) is 15.2. The van der Waals surface area contributed by atoms with Crippen molar-refractivity contribution in [3.05, 3.63) is 59.2 Å². The second-order valence-electron chi connectivity index (χ2n) is 12.0. The lowest BCUT2D eigenvalue weighted by Gasteiger charge is -2.32. The molecule has 43 heavy (non-hydrogen) atoms. The van der Waals surface area contributed by atoms with Crippen molar-refractivity contribution in [1.82, 2.24) is 20.9 Å². The molecule has 2 aliphatic heterocycles. The summed E-state index contributed by atoms with van der Waals surface area (Å²) in [4.78, 5) is 55.3. The van der Waals surface area contributed by atoms with Gasteiger partial charge in [0.15, 0.2) is 0 Å². The Bertz CT molecular complexity index is 1330. The van der Waals surface area contributed by atoms with Crippen molar-refractivity contribution in [3.8, 4) is 11.5 Å². The van der Waals surface area contributed by atoms with E-state index < -0.39 is 29.8 Å². The second-order valence-corrected chi connectivity index (χ2v) is 12.0. The minimum atomic E-state index is -1.18. The third-order valence-corrected chi connectivity index (χ3v) is 8.02. The van der Waals surface area contributed by atoms with Crippen molar-refractivity contribution in [3.63, 3.8) is 0 Å². The molecule has 4 rings (SSSR count). The summed E-state index contributed by atoms with van der Waals surface area (Å²) in [5.74, 6) is -0.454. The maximum atomic E-state index is 13.6. The molecule has 2 aromatic carbocycles. The summed E-state index contributed by atoms with van der Waals surface area (Å²) in [5.41, 5.74) is 2.39. The molecule has 0 bridgehead atoms. The van der Waals surface area contributed by atoms with Crippen LogP contribution >= 0.6 is 0 Å². The number of para-hydroxylation sites is 1. The van der Waals surface area contributed by atoms with Crippen LogP contribution in [-0.4, -0.2) is 73.0 Å². The zero-order valence-electron chi connectivity index (χ0n) is 25.8. The van der Waals surface area contributed by atoms with Gasteiger partial charge in [-0.25, -0.2) is 0 Å². The summed E-state index contributed by atoms with van der Waals surface area (Å²) in [7, 11) is 0. The fourth-order valence-corrected chi connectivity index (χ4v) is 5.41. The first-order chi connectivity index (χ1) is 20.5. The van der Waals surface area contributed by atoms with Gasteiger partial charge in [0, 0.05) is 6.54 Å². The predicted octanol–water partition coefficient (Wildman–Crippen LogP) is 3.33. The number of aryl methyl sites for hydroxylation is 1. The lowest BCUT2D eigenvalue weighted by atomic mass is 10.0. The van der Waals surface area contributed by atoms with Crippen LogP contribution in [0.2, 0.25) is 0 Å². The Labute approximate surface area is 253 Å². The summed E-state index contributed by atoms with van der Waals surface area (Å²) in [6, 6.07) is 10.7. The van der Waals surface area contributed by atoms with E-state index in [2.05, 4.69) is 35.9 Å². The highest BCUT2D eigenvalue weighted by Gasteiger charge is 2.37. The van der Waals surface area contributed by atoms with E-state index in [1.165, 1.54) is 0 Å². The Kier molecular flexibility index (Phi) is 10.7. The average molecular weight is 593 g/mol. The van der Waals surface area contributed by atoms with Crippen molar-refractivity contribution in [2.24, 2.45) is 5.92 Å². The molecule has 2 aromatic rings. The van der Waals surface area contributed by atoms with Gasteiger partial charge in [0.2, 0.25) is 17.7 Å². The topological polar surface area (TPSA) is 126 Å². The summed E-state index contributed by atoms with van der Waals surface area (Å²) in [6.45, 7) is 11.1. The minimum absolute atomic E-state index is 0.165. The van der Waals surface area contributed by atoms with Crippen molar-refractivity contribution in [1.29, 1.82) is 0 Å². The molecule has 0 aliphatic carbocycles. The summed E-state index contributed by atoms with van der Waals surface area (Å²) in [5, 5.41) is 8.34. The molecule has 10 nitrogen and oxygen atoms in total. The van der Waals surface area contributed by atoms with Crippen LogP contribution in [0.15, 0.2) is 42.5 Å². The van der Waals surface area contributed by atoms with Crippen LogP contribution in [-0.2, 0) is 14.4 Å². The van der Waals surface area contributed by atoms with Crippen LogP contribution in [0.25, 0.3) is 0 Å². The van der Waals surface area contributed by atoms with Gasteiger partial charge >= 0.3 is 0 Å². The number of carbonyl (C=O) groups excluding carboxylic acids is 4. The Balaban J connectivity index is 1.50. The number of rotatable bonds is 7. The van der Waals surface area contributed by atoms with Gasteiger partial charge in [-0.15, -0.1) is 0 Å². The van der Waals surface area contributed by atoms with Crippen molar-refractivity contribution in [2.75, 3.05) is 26.3 Å². The Morgan fingerprint density at radius 2 is 1.86 bits per heavy atom. The molecule has 3 atom stereocenters. The highest BCUT2D eigenvalue weighted by Crippen LogP contribution is 2.25. The first-order valence-corrected chi connectivity index (χ1v) is 15.2. The molecular formula is C33H44N4O6. The van der Waals surface area contributed by atoms with Gasteiger partial charge in [0.25, 0.3) is 5.91 Å². The quantitative estimate of drug-likeness (QED) is 0.424. The summed E-state index contributed by atoms with van der Waals surface area (Å²) in [6.07, 6.45) is 1.26. The lowest BCUT2D eigenvalue weighted by molar-refractivity contribution is -0.139. The van der Waals surface area contributed by atoms with Crippen LogP contribution in [0.4, 0.5) is 0 Å². The molecule has 0 radical (unpaired) electrons. The number of fused-ring (bicyclic) bond motifs is 2. The fraction of sp³-hybridized carbons (Fsp3) is 0.515. The van der Waals surface area contributed by atoms with Crippen LogP contribution < -0.4 is 25.4 Å². The molecule has 0 spiro atoms. The highest BCUT2D eigenvalue weighted by atomic mass is 16.5. The molecule has 0 unspecified atom stereocenters. The Hall–Kier alpha value is -4.08. The number of nitrogens with zero attached hydrogens (tertiary/aromatic N) is 1. The second kappa shape index (κ2) is 14.4. The van der Waals surface area contributed by atoms with E-state index in [-0.39, 0.29) is 49.6 Å². The van der Waals surface area contributed by atoms with E-state index in [0.29, 0.717) is 18.2 Å². The van der Waals surface area contributed by atoms with Gasteiger partial charge in [-0.3, -0.25) is 19.2 Å². The monoisotopic (exact) mass is 592 g/mol. The number of amides is 4. The molecule has 232 valence electrons. The number of benzene rings is 2. The van der Waals surface area contributed by atoms with Gasteiger partial charge in [0.05, 0.1) is 24.6 Å². The zero-order chi connectivity index (χ0) is 31.1. The SMILES string of the molecule is Cc1ccc(C(C)C)cc1OCCNC(=O)[C@@H]1CC(=O)N[C@H](C(C)C)C(=O)N2CCC[C@H]2COc2ccccc2C(=O)N1. The Morgan fingerprint density at radius 3 is 2.60 bits per heavy atom. The minimum Gasteiger partial charge on any atom is -0.491 e. The number of nitrogens with one attached hydrogen (secondary N) is 3. The highest BCUT2D eigenvalue weighted by molar-refractivity contribution is 6.01. The van der Waals surface area contributed by atoms with Gasteiger partial charge in [-0.05, 0) is 60.9 Å². The van der Waals surface area contributed by atoms with Crippen LogP contribution in [0.3, 0.4) is 0 Å². The number of carbonyl (C=O) groups is 4.